The summed E-state index contributed by atoms with van der Waals surface area (Å²) >= 11 is 1.93. The van der Waals surface area contributed by atoms with Crippen molar-refractivity contribution >= 4 is 11.8 Å². The number of aromatic nitrogens is 1. The highest BCUT2D eigenvalue weighted by Gasteiger charge is 2.14. The van der Waals surface area contributed by atoms with E-state index in [1.165, 1.54) is 36.3 Å². The van der Waals surface area contributed by atoms with Gasteiger partial charge >= 0.3 is 0 Å². The van der Waals surface area contributed by atoms with Crippen LogP contribution in [0.5, 0.6) is 0 Å². The van der Waals surface area contributed by atoms with Crippen LogP contribution in [0.2, 0.25) is 0 Å². The number of nitrogens with zero attached hydrogens (tertiary/aromatic N) is 1. The molecule has 2 nitrogen and oxygen atoms in total. The van der Waals surface area contributed by atoms with Gasteiger partial charge in [0.2, 0.25) is 0 Å². The first-order chi connectivity index (χ1) is 7.38. The molecule has 1 heterocycles. The minimum Gasteiger partial charge on any atom is -0.325 e. The lowest BCUT2D eigenvalue weighted by molar-refractivity contribution is 0.623. The molecule has 2 rings (SSSR count). The van der Waals surface area contributed by atoms with Gasteiger partial charge in [0.25, 0.3) is 0 Å². The Morgan fingerprint density at radius 2 is 2.13 bits per heavy atom. The maximum Gasteiger partial charge on any atom is 0.0540 e. The van der Waals surface area contributed by atoms with Crippen LogP contribution in [0.15, 0.2) is 23.2 Å². The Balaban J connectivity index is 1.82. The second-order valence-corrected chi connectivity index (χ2v) is 5.24. The Kier molecular flexibility index (Phi) is 4.03. The minimum absolute atomic E-state index is 0.535. The van der Waals surface area contributed by atoms with Crippen LogP contribution in [-0.4, -0.2) is 10.7 Å². The molecule has 1 aromatic rings. The van der Waals surface area contributed by atoms with Gasteiger partial charge in [-0.25, -0.2) is 0 Å². The quantitative estimate of drug-likeness (QED) is 0.796. The van der Waals surface area contributed by atoms with Gasteiger partial charge in [-0.3, -0.25) is 4.98 Å². The molecule has 0 aromatic carbocycles. The molecule has 82 valence electrons. The molecule has 0 bridgehead atoms. The fourth-order valence-corrected chi connectivity index (χ4v) is 3.06. The van der Waals surface area contributed by atoms with Crippen molar-refractivity contribution in [1.82, 2.24) is 4.98 Å². The van der Waals surface area contributed by atoms with E-state index in [0.717, 1.165) is 11.6 Å². The van der Waals surface area contributed by atoms with E-state index >= 15 is 0 Å². The number of pyridine rings is 1. The molecule has 0 spiro atoms. The van der Waals surface area contributed by atoms with Crippen molar-refractivity contribution in [2.24, 2.45) is 11.7 Å². The van der Waals surface area contributed by atoms with Crippen LogP contribution >= 0.6 is 11.8 Å². The molecule has 1 aliphatic carbocycles. The molecule has 2 N–H and O–H groups in total. The SMILES string of the molecule is NCc1ccc(SCC2CCCC2)cn1. The van der Waals surface area contributed by atoms with Gasteiger partial charge in [0.1, 0.15) is 0 Å². The van der Waals surface area contributed by atoms with Crippen LogP contribution < -0.4 is 5.73 Å². The first-order valence-electron chi connectivity index (χ1n) is 5.66. The lowest BCUT2D eigenvalue weighted by atomic mass is 10.1. The summed E-state index contributed by atoms with van der Waals surface area (Å²) in [4.78, 5) is 5.57. The van der Waals surface area contributed by atoms with Crippen molar-refractivity contribution < 1.29 is 0 Å². The Morgan fingerprint density at radius 1 is 1.33 bits per heavy atom. The third-order valence-corrected chi connectivity index (χ3v) is 4.18. The molecule has 1 fully saturated rings. The van der Waals surface area contributed by atoms with Crippen molar-refractivity contribution in [3.05, 3.63) is 24.0 Å². The molecule has 15 heavy (non-hydrogen) atoms. The fraction of sp³-hybridized carbons (Fsp3) is 0.583. The fourth-order valence-electron chi connectivity index (χ4n) is 2.01. The van der Waals surface area contributed by atoms with Gasteiger partial charge in [0.15, 0.2) is 0 Å². The molecular weight excluding hydrogens is 204 g/mol. The van der Waals surface area contributed by atoms with E-state index < -0.39 is 0 Å². The molecular formula is C12H18N2S. The van der Waals surface area contributed by atoms with Crippen LogP contribution in [0.25, 0.3) is 0 Å². The monoisotopic (exact) mass is 222 g/mol. The summed E-state index contributed by atoms with van der Waals surface area (Å²) in [6.07, 6.45) is 7.63. The second kappa shape index (κ2) is 5.52. The zero-order valence-electron chi connectivity index (χ0n) is 8.98. The van der Waals surface area contributed by atoms with Crippen molar-refractivity contribution in [1.29, 1.82) is 0 Å². The van der Waals surface area contributed by atoms with E-state index in [-0.39, 0.29) is 0 Å². The largest absolute Gasteiger partial charge is 0.325 e. The maximum atomic E-state index is 5.50. The third kappa shape index (κ3) is 3.21. The molecule has 0 saturated heterocycles. The topological polar surface area (TPSA) is 38.9 Å². The van der Waals surface area contributed by atoms with E-state index in [0.29, 0.717) is 6.54 Å². The molecule has 0 atom stereocenters. The Hall–Kier alpha value is -0.540. The van der Waals surface area contributed by atoms with Crippen molar-refractivity contribution in [3.63, 3.8) is 0 Å². The Labute approximate surface area is 95.7 Å². The van der Waals surface area contributed by atoms with Crippen molar-refractivity contribution in [2.75, 3.05) is 5.75 Å². The number of hydrogen-bond acceptors (Lipinski definition) is 3. The smallest absolute Gasteiger partial charge is 0.0540 e. The zero-order chi connectivity index (χ0) is 10.5. The predicted molar refractivity (Wildman–Crippen MR) is 64.8 cm³/mol. The van der Waals surface area contributed by atoms with Gasteiger partial charge in [0, 0.05) is 23.4 Å². The first-order valence-corrected chi connectivity index (χ1v) is 6.65. The summed E-state index contributed by atoms with van der Waals surface area (Å²) in [5, 5.41) is 0. The third-order valence-electron chi connectivity index (χ3n) is 2.97. The van der Waals surface area contributed by atoms with E-state index in [1.807, 2.05) is 24.0 Å². The van der Waals surface area contributed by atoms with Crippen LogP contribution in [0.3, 0.4) is 0 Å². The maximum absolute atomic E-state index is 5.50. The number of rotatable bonds is 4. The highest BCUT2D eigenvalue weighted by molar-refractivity contribution is 7.99. The molecule has 0 radical (unpaired) electrons. The highest BCUT2D eigenvalue weighted by Crippen LogP contribution is 2.30. The minimum atomic E-state index is 0.535. The Bertz CT molecular complexity index is 291. The van der Waals surface area contributed by atoms with Gasteiger partial charge in [-0.1, -0.05) is 12.8 Å². The van der Waals surface area contributed by atoms with Crippen LogP contribution in [0.1, 0.15) is 31.4 Å². The summed E-state index contributed by atoms with van der Waals surface area (Å²) in [5.74, 6) is 2.19. The van der Waals surface area contributed by atoms with Crippen LogP contribution in [-0.2, 0) is 6.54 Å². The van der Waals surface area contributed by atoms with Crippen LogP contribution in [0.4, 0.5) is 0 Å². The van der Waals surface area contributed by atoms with E-state index in [9.17, 15) is 0 Å². The summed E-state index contributed by atoms with van der Waals surface area (Å²) < 4.78 is 0. The predicted octanol–water partition coefficient (Wildman–Crippen LogP) is 2.82. The summed E-state index contributed by atoms with van der Waals surface area (Å²) in [7, 11) is 0. The lowest BCUT2D eigenvalue weighted by Crippen LogP contribution is -1.99. The molecule has 1 aromatic heterocycles. The van der Waals surface area contributed by atoms with E-state index in [2.05, 4.69) is 11.1 Å². The standard InChI is InChI=1S/C12H18N2S/c13-7-11-5-6-12(8-14-11)15-9-10-3-1-2-4-10/h5-6,8,10H,1-4,7,9,13H2. The summed E-state index contributed by atoms with van der Waals surface area (Å²) in [5.41, 5.74) is 6.48. The van der Waals surface area contributed by atoms with Gasteiger partial charge in [-0.05, 0) is 30.9 Å². The average molecular weight is 222 g/mol. The van der Waals surface area contributed by atoms with Gasteiger partial charge in [0.05, 0.1) is 5.69 Å². The molecule has 1 aliphatic rings. The highest BCUT2D eigenvalue weighted by atomic mass is 32.2. The Morgan fingerprint density at radius 3 is 2.73 bits per heavy atom. The molecule has 0 unspecified atom stereocenters. The number of nitrogens with two attached hydrogens (primary N) is 1. The molecule has 0 aliphatic heterocycles. The van der Waals surface area contributed by atoms with Gasteiger partial charge < -0.3 is 5.73 Å². The molecule has 1 saturated carbocycles. The van der Waals surface area contributed by atoms with E-state index in [4.69, 9.17) is 5.73 Å². The van der Waals surface area contributed by atoms with Gasteiger partial charge in [-0.15, -0.1) is 11.8 Å². The van der Waals surface area contributed by atoms with E-state index in [1.54, 1.807) is 0 Å². The van der Waals surface area contributed by atoms with Gasteiger partial charge in [-0.2, -0.15) is 0 Å². The number of thioether (sulfide) groups is 1. The normalized spacial score (nSPS) is 17.1. The summed E-state index contributed by atoms with van der Waals surface area (Å²) in [6.45, 7) is 0.535. The van der Waals surface area contributed by atoms with Crippen molar-refractivity contribution in [3.8, 4) is 0 Å². The molecule has 0 amide bonds. The van der Waals surface area contributed by atoms with Crippen LogP contribution in [0, 0.1) is 5.92 Å². The zero-order valence-corrected chi connectivity index (χ0v) is 9.80. The average Bonchev–Trinajstić information content (AvgIpc) is 2.80. The lowest BCUT2D eigenvalue weighted by Gasteiger charge is -2.07. The first kappa shape index (κ1) is 11.0. The number of hydrogen-bond donors (Lipinski definition) is 1. The molecule has 3 heteroatoms. The second-order valence-electron chi connectivity index (χ2n) is 4.15. The van der Waals surface area contributed by atoms with Crippen molar-refractivity contribution in [2.45, 2.75) is 37.1 Å². The summed E-state index contributed by atoms with van der Waals surface area (Å²) in [6, 6.07) is 4.16.